The summed E-state index contributed by atoms with van der Waals surface area (Å²) in [6.45, 7) is 7.40. The summed E-state index contributed by atoms with van der Waals surface area (Å²) in [5, 5.41) is 1.09. The Morgan fingerprint density at radius 2 is 1.60 bits per heavy atom. The van der Waals surface area contributed by atoms with Gasteiger partial charge in [0.1, 0.15) is 17.1 Å². The van der Waals surface area contributed by atoms with Crippen LogP contribution >= 0.6 is 23.2 Å². The topological polar surface area (TPSA) is 56.5 Å². The van der Waals surface area contributed by atoms with Crippen molar-refractivity contribution < 1.29 is 18.7 Å². The first kappa shape index (κ1) is 22.1. The average Bonchev–Trinajstić information content (AvgIpc) is 3.02. The van der Waals surface area contributed by atoms with Gasteiger partial charge in [-0.2, -0.15) is 0 Å². The molecule has 1 heterocycles. The Morgan fingerprint density at radius 1 is 0.967 bits per heavy atom. The predicted molar refractivity (Wildman–Crippen MR) is 119 cm³/mol. The summed E-state index contributed by atoms with van der Waals surface area (Å²) in [7, 11) is 0. The highest BCUT2D eigenvalue weighted by Crippen LogP contribution is 2.35. The van der Waals surface area contributed by atoms with E-state index in [2.05, 4.69) is 0 Å². The van der Waals surface area contributed by atoms with Gasteiger partial charge in [-0.05, 0) is 51.0 Å². The minimum atomic E-state index is -0.520. The van der Waals surface area contributed by atoms with Crippen LogP contribution in [0.15, 0.2) is 40.8 Å². The van der Waals surface area contributed by atoms with Crippen molar-refractivity contribution in [1.29, 1.82) is 0 Å². The van der Waals surface area contributed by atoms with Gasteiger partial charge in [0.25, 0.3) is 0 Å². The molecule has 6 heteroatoms. The van der Waals surface area contributed by atoms with Crippen molar-refractivity contribution in [3.05, 3.63) is 80.0 Å². The van der Waals surface area contributed by atoms with E-state index >= 15 is 0 Å². The molecule has 0 spiro atoms. The van der Waals surface area contributed by atoms with E-state index in [0.29, 0.717) is 38.3 Å². The van der Waals surface area contributed by atoms with Gasteiger partial charge in [-0.25, -0.2) is 4.79 Å². The summed E-state index contributed by atoms with van der Waals surface area (Å²) in [6, 6.07) is 10.6. The van der Waals surface area contributed by atoms with Gasteiger partial charge < -0.3 is 9.15 Å². The number of hydrogen-bond donors (Lipinski definition) is 0. The number of ketones is 1. The van der Waals surface area contributed by atoms with E-state index in [9.17, 15) is 9.59 Å². The highest BCUT2D eigenvalue weighted by molar-refractivity contribution is 6.32. The third kappa shape index (κ3) is 4.45. The van der Waals surface area contributed by atoms with Crippen molar-refractivity contribution in [3.63, 3.8) is 0 Å². The molecule has 3 rings (SSSR count). The van der Waals surface area contributed by atoms with Gasteiger partial charge >= 0.3 is 5.97 Å². The summed E-state index contributed by atoms with van der Waals surface area (Å²) in [6.07, 6.45) is -0.0360. The number of Topliss-reactive ketones (excluding diaryl/α,β-unsaturated/α-hetero) is 1. The molecule has 0 aliphatic carbocycles. The zero-order chi connectivity index (χ0) is 22.0. The third-order valence-electron chi connectivity index (χ3n) is 4.93. The average molecular weight is 445 g/mol. The molecule has 30 heavy (non-hydrogen) atoms. The van der Waals surface area contributed by atoms with E-state index in [0.717, 1.165) is 11.1 Å². The molecule has 4 nitrogen and oxygen atoms in total. The van der Waals surface area contributed by atoms with E-state index in [1.54, 1.807) is 38.1 Å². The first-order chi connectivity index (χ1) is 14.2. The zero-order valence-electron chi connectivity index (χ0n) is 17.3. The molecule has 2 aromatic carbocycles. The van der Waals surface area contributed by atoms with Gasteiger partial charge in [0, 0.05) is 33.2 Å². The summed E-state index contributed by atoms with van der Waals surface area (Å²) >= 11 is 12.5. The highest BCUT2D eigenvalue weighted by Gasteiger charge is 2.27. The van der Waals surface area contributed by atoms with Crippen molar-refractivity contribution in [2.75, 3.05) is 6.61 Å². The maximum absolute atomic E-state index is 13.0. The van der Waals surface area contributed by atoms with Crippen molar-refractivity contribution in [1.82, 2.24) is 0 Å². The van der Waals surface area contributed by atoms with Gasteiger partial charge in [0.15, 0.2) is 5.78 Å². The number of carbonyl (C=O) groups excluding carboxylic acids is 2. The molecule has 0 atom stereocenters. The lowest BCUT2D eigenvalue weighted by Gasteiger charge is -2.08. The molecule has 0 fully saturated rings. The van der Waals surface area contributed by atoms with Gasteiger partial charge in [0.2, 0.25) is 0 Å². The Kier molecular flexibility index (Phi) is 6.69. The SMILES string of the molecule is CCOC(=O)c1c(C)oc(-c2ccc(C)c(Cl)c2)c1CC(=O)c1ccc(C)c(Cl)c1. The molecular weight excluding hydrogens is 423 g/mol. The van der Waals surface area contributed by atoms with Crippen LogP contribution in [0.3, 0.4) is 0 Å². The molecule has 0 aliphatic heterocycles. The summed E-state index contributed by atoms with van der Waals surface area (Å²) < 4.78 is 11.1. The molecule has 0 saturated carbocycles. The van der Waals surface area contributed by atoms with Gasteiger partial charge in [-0.3, -0.25) is 4.79 Å². The van der Waals surface area contributed by atoms with Crippen LogP contribution in [-0.4, -0.2) is 18.4 Å². The van der Waals surface area contributed by atoms with Crippen LogP contribution < -0.4 is 0 Å². The predicted octanol–water partition coefficient (Wildman–Crippen LogP) is 6.78. The van der Waals surface area contributed by atoms with E-state index in [1.165, 1.54) is 0 Å². The number of ether oxygens (including phenoxy) is 1. The van der Waals surface area contributed by atoms with Crippen LogP contribution in [0.5, 0.6) is 0 Å². The van der Waals surface area contributed by atoms with Crippen molar-refractivity contribution >= 4 is 35.0 Å². The summed E-state index contributed by atoms with van der Waals surface area (Å²) in [5.74, 6) is 0.129. The standard InChI is InChI=1S/C24H22Cl2O4/c1-5-29-24(28)22-15(4)30-23(17-9-7-14(3)20(26)11-17)18(22)12-21(27)16-8-6-13(2)19(25)10-16/h6-11H,5,12H2,1-4H3. The highest BCUT2D eigenvalue weighted by atomic mass is 35.5. The van der Waals surface area contributed by atoms with Gasteiger partial charge in [-0.1, -0.05) is 47.5 Å². The lowest BCUT2D eigenvalue weighted by molar-refractivity contribution is 0.0523. The van der Waals surface area contributed by atoms with Crippen LogP contribution in [0.4, 0.5) is 0 Å². The Bertz CT molecular complexity index is 1130. The van der Waals surface area contributed by atoms with Crippen LogP contribution in [0, 0.1) is 20.8 Å². The molecule has 1 aromatic heterocycles. The molecule has 0 aliphatic rings. The van der Waals surface area contributed by atoms with Crippen LogP contribution in [0.1, 0.15) is 50.1 Å². The van der Waals surface area contributed by atoms with Crippen LogP contribution in [0.2, 0.25) is 10.0 Å². The number of carbonyl (C=O) groups is 2. The number of furan rings is 1. The van der Waals surface area contributed by atoms with Crippen molar-refractivity contribution in [2.45, 2.75) is 34.1 Å². The minimum Gasteiger partial charge on any atom is -0.462 e. The van der Waals surface area contributed by atoms with Crippen LogP contribution in [-0.2, 0) is 11.2 Å². The quantitative estimate of drug-likeness (QED) is 0.310. The number of esters is 1. The van der Waals surface area contributed by atoms with E-state index in [4.69, 9.17) is 32.4 Å². The molecular formula is C24H22Cl2O4. The molecule has 0 unspecified atom stereocenters. The second-order valence-electron chi connectivity index (χ2n) is 7.09. The van der Waals surface area contributed by atoms with Gasteiger partial charge in [0.05, 0.1) is 6.61 Å². The number of aryl methyl sites for hydroxylation is 3. The zero-order valence-corrected chi connectivity index (χ0v) is 18.8. The second-order valence-corrected chi connectivity index (χ2v) is 7.90. The first-order valence-electron chi connectivity index (χ1n) is 9.58. The Balaban J connectivity index is 2.11. The summed E-state index contributed by atoms with van der Waals surface area (Å²) in [5.41, 5.74) is 3.71. The normalized spacial score (nSPS) is 10.9. The fourth-order valence-corrected chi connectivity index (χ4v) is 3.59. The minimum absolute atomic E-state index is 0.0360. The maximum atomic E-state index is 13.0. The number of rotatable bonds is 6. The van der Waals surface area contributed by atoms with E-state index in [-0.39, 0.29) is 24.4 Å². The molecule has 156 valence electrons. The number of halogens is 2. The van der Waals surface area contributed by atoms with Crippen molar-refractivity contribution in [2.24, 2.45) is 0 Å². The lowest BCUT2D eigenvalue weighted by atomic mass is 9.96. The Labute approximate surface area is 185 Å². The van der Waals surface area contributed by atoms with E-state index in [1.807, 2.05) is 26.0 Å². The maximum Gasteiger partial charge on any atom is 0.342 e. The molecule has 0 amide bonds. The number of benzene rings is 2. The fraction of sp³-hybridized carbons (Fsp3) is 0.250. The Hall–Kier alpha value is -2.56. The monoisotopic (exact) mass is 444 g/mol. The number of hydrogen-bond acceptors (Lipinski definition) is 4. The largest absolute Gasteiger partial charge is 0.462 e. The smallest absolute Gasteiger partial charge is 0.342 e. The molecule has 0 saturated heterocycles. The molecule has 0 radical (unpaired) electrons. The molecule has 0 N–H and O–H groups in total. The molecule has 0 bridgehead atoms. The summed E-state index contributed by atoms with van der Waals surface area (Å²) in [4.78, 5) is 25.7. The Morgan fingerprint density at radius 3 is 2.20 bits per heavy atom. The van der Waals surface area contributed by atoms with Gasteiger partial charge in [-0.15, -0.1) is 0 Å². The molecule has 3 aromatic rings. The van der Waals surface area contributed by atoms with Crippen molar-refractivity contribution in [3.8, 4) is 11.3 Å². The first-order valence-corrected chi connectivity index (χ1v) is 10.3. The van der Waals surface area contributed by atoms with E-state index < -0.39 is 5.97 Å². The lowest BCUT2D eigenvalue weighted by Crippen LogP contribution is -2.12. The second kappa shape index (κ2) is 9.07. The fourth-order valence-electron chi connectivity index (χ4n) is 3.23. The third-order valence-corrected chi connectivity index (χ3v) is 5.74. The van der Waals surface area contributed by atoms with Crippen LogP contribution in [0.25, 0.3) is 11.3 Å².